The highest BCUT2D eigenvalue weighted by Crippen LogP contribution is 2.45. The van der Waals surface area contributed by atoms with Crippen molar-refractivity contribution in [2.24, 2.45) is 11.8 Å². The van der Waals surface area contributed by atoms with E-state index in [1.54, 1.807) is 19.2 Å². The van der Waals surface area contributed by atoms with Crippen LogP contribution in [0.1, 0.15) is 18.5 Å². The molecule has 2 N–H and O–H groups in total. The van der Waals surface area contributed by atoms with Gasteiger partial charge in [0, 0.05) is 44.6 Å². The Morgan fingerprint density at radius 3 is 2.67 bits per heavy atom. The number of anilines is 2. The van der Waals surface area contributed by atoms with Gasteiger partial charge in [0.05, 0.1) is 6.04 Å². The Labute approximate surface area is 141 Å². The Morgan fingerprint density at radius 1 is 1.17 bits per heavy atom. The number of fused-ring (bicyclic) bond motifs is 1. The quantitative estimate of drug-likeness (QED) is 0.911. The van der Waals surface area contributed by atoms with Crippen molar-refractivity contribution < 1.29 is 4.79 Å². The summed E-state index contributed by atoms with van der Waals surface area (Å²) in [4.78, 5) is 25.0. The van der Waals surface area contributed by atoms with Crippen LogP contribution in [0.4, 0.5) is 11.8 Å². The van der Waals surface area contributed by atoms with Gasteiger partial charge in [0.1, 0.15) is 5.82 Å². The van der Waals surface area contributed by atoms with E-state index < -0.39 is 0 Å². The average molecular weight is 323 g/mol. The molecule has 6 nitrogen and oxygen atoms in total. The lowest BCUT2D eigenvalue weighted by Gasteiger charge is -2.29. The van der Waals surface area contributed by atoms with Crippen LogP contribution in [0.25, 0.3) is 0 Å². The van der Waals surface area contributed by atoms with Gasteiger partial charge in [-0.25, -0.2) is 4.98 Å². The van der Waals surface area contributed by atoms with Crippen LogP contribution < -0.4 is 10.6 Å². The van der Waals surface area contributed by atoms with Crippen LogP contribution in [0.3, 0.4) is 0 Å². The molecule has 0 unspecified atom stereocenters. The second kappa shape index (κ2) is 5.78. The molecule has 24 heavy (non-hydrogen) atoms. The third-order valence-corrected chi connectivity index (χ3v) is 5.16. The van der Waals surface area contributed by atoms with Crippen molar-refractivity contribution >= 4 is 17.7 Å². The first-order valence-electron chi connectivity index (χ1n) is 8.29. The molecule has 1 aromatic heterocycles. The molecule has 3 heterocycles. The van der Waals surface area contributed by atoms with Crippen molar-refractivity contribution in [1.82, 2.24) is 14.9 Å². The minimum atomic E-state index is 0.125. The highest BCUT2D eigenvalue weighted by atomic mass is 16.2. The monoisotopic (exact) mass is 323 g/mol. The number of likely N-dealkylation sites (tertiary alicyclic amines) is 1. The van der Waals surface area contributed by atoms with Gasteiger partial charge >= 0.3 is 0 Å². The summed E-state index contributed by atoms with van der Waals surface area (Å²) in [6, 6.07) is 12.1. The first kappa shape index (κ1) is 14.9. The van der Waals surface area contributed by atoms with Gasteiger partial charge in [0.25, 0.3) is 0 Å². The summed E-state index contributed by atoms with van der Waals surface area (Å²) in [5, 5.41) is 0. The van der Waals surface area contributed by atoms with E-state index in [1.165, 1.54) is 5.56 Å². The van der Waals surface area contributed by atoms with Crippen LogP contribution in [0, 0.1) is 11.8 Å². The highest BCUT2D eigenvalue weighted by molar-refractivity contribution is 5.74. The van der Waals surface area contributed by atoms with Crippen molar-refractivity contribution in [1.29, 1.82) is 0 Å². The summed E-state index contributed by atoms with van der Waals surface area (Å²) in [6.07, 6.45) is 1.70. The Balaban J connectivity index is 1.63. The lowest BCUT2D eigenvalue weighted by Crippen LogP contribution is -2.34. The Kier molecular flexibility index (Phi) is 3.59. The van der Waals surface area contributed by atoms with Crippen LogP contribution in [0.15, 0.2) is 42.6 Å². The SMILES string of the molecule is CC(=O)N1C[C@H]2CN(c3nccc(N)n3)C[C@H]2[C@@H]1c1ccccc1. The fourth-order valence-corrected chi connectivity index (χ4v) is 4.12. The van der Waals surface area contributed by atoms with Gasteiger partial charge in [0.15, 0.2) is 0 Å². The molecular formula is C18H21N5O. The van der Waals surface area contributed by atoms with Crippen LogP contribution in [0.2, 0.25) is 0 Å². The molecule has 1 aromatic carbocycles. The largest absolute Gasteiger partial charge is 0.384 e. The molecule has 1 amide bonds. The maximum atomic E-state index is 12.1. The minimum Gasteiger partial charge on any atom is -0.384 e. The summed E-state index contributed by atoms with van der Waals surface area (Å²) in [7, 11) is 0. The smallest absolute Gasteiger partial charge is 0.227 e. The number of nitrogens with two attached hydrogens (primary N) is 1. The molecule has 6 heteroatoms. The number of nitrogens with zero attached hydrogens (tertiary/aromatic N) is 4. The number of hydrogen-bond donors (Lipinski definition) is 1. The maximum Gasteiger partial charge on any atom is 0.227 e. The third kappa shape index (κ3) is 2.48. The zero-order valence-electron chi connectivity index (χ0n) is 13.7. The topological polar surface area (TPSA) is 75.4 Å². The molecule has 2 saturated heterocycles. The van der Waals surface area contributed by atoms with Crippen molar-refractivity contribution in [2.45, 2.75) is 13.0 Å². The summed E-state index contributed by atoms with van der Waals surface area (Å²) >= 11 is 0. The highest BCUT2D eigenvalue weighted by Gasteiger charge is 2.48. The zero-order valence-corrected chi connectivity index (χ0v) is 13.7. The summed E-state index contributed by atoms with van der Waals surface area (Å²) in [5.41, 5.74) is 7.00. The predicted molar refractivity (Wildman–Crippen MR) is 92.2 cm³/mol. The molecule has 4 rings (SSSR count). The number of aromatic nitrogens is 2. The van der Waals surface area contributed by atoms with Crippen LogP contribution in [-0.4, -0.2) is 40.4 Å². The standard InChI is InChI=1S/C18H21N5O/c1-12(24)23-10-14-9-22(18-20-8-7-16(19)21-18)11-15(14)17(23)13-5-3-2-4-6-13/h2-8,14-15,17H,9-11H2,1H3,(H2,19,20,21)/t14-,15-,17+/m1/s1. The van der Waals surface area contributed by atoms with Crippen molar-refractivity contribution in [3.8, 4) is 0 Å². The Bertz CT molecular complexity index is 750. The molecule has 3 atom stereocenters. The number of amides is 1. The van der Waals surface area contributed by atoms with Crippen LogP contribution in [0.5, 0.6) is 0 Å². The Hall–Kier alpha value is -2.63. The zero-order chi connectivity index (χ0) is 16.7. The number of hydrogen-bond acceptors (Lipinski definition) is 5. The van der Waals surface area contributed by atoms with E-state index in [-0.39, 0.29) is 11.9 Å². The summed E-state index contributed by atoms with van der Waals surface area (Å²) in [6.45, 7) is 4.16. The van der Waals surface area contributed by atoms with Crippen molar-refractivity contribution in [3.05, 3.63) is 48.2 Å². The van der Waals surface area contributed by atoms with E-state index in [0.29, 0.717) is 23.6 Å². The number of rotatable bonds is 2. The molecule has 0 radical (unpaired) electrons. The molecule has 0 aliphatic carbocycles. The molecule has 2 fully saturated rings. The lowest BCUT2D eigenvalue weighted by molar-refractivity contribution is -0.130. The fourth-order valence-electron chi connectivity index (χ4n) is 4.12. The van der Waals surface area contributed by atoms with Gasteiger partial charge in [-0.15, -0.1) is 0 Å². The molecule has 2 aliphatic heterocycles. The van der Waals surface area contributed by atoms with E-state index in [1.807, 2.05) is 23.1 Å². The van der Waals surface area contributed by atoms with Gasteiger partial charge in [-0.05, 0) is 11.6 Å². The van der Waals surface area contributed by atoms with E-state index >= 15 is 0 Å². The number of carbonyl (C=O) groups excluding carboxylic acids is 1. The molecule has 0 bridgehead atoms. The minimum absolute atomic E-state index is 0.125. The van der Waals surface area contributed by atoms with Gasteiger partial charge in [0.2, 0.25) is 11.9 Å². The lowest BCUT2D eigenvalue weighted by atomic mass is 9.89. The fraction of sp³-hybridized carbons (Fsp3) is 0.389. The van der Waals surface area contributed by atoms with E-state index in [0.717, 1.165) is 19.6 Å². The second-order valence-corrected chi connectivity index (χ2v) is 6.64. The van der Waals surface area contributed by atoms with Crippen molar-refractivity contribution in [3.63, 3.8) is 0 Å². The molecular weight excluding hydrogens is 302 g/mol. The second-order valence-electron chi connectivity index (χ2n) is 6.64. The first-order valence-corrected chi connectivity index (χ1v) is 8.29. The average Bonchev–Trinajstić information content (AvgIpc) is 3.13. The number of benzene rings is 1. The molecule has 0 saturated carbocycles. The first-order chi connectivity index (χ1) is 11.6. The third-order valence-electron chi connectivity index (χ3n) is 5.16. The number of carbonyl (C=O) groups is 1. The van der Waals surface area contributed by atoms with Gasteiger partial charge in [-0.1, -0.05) is 30.3 Å². The molecule has 124 valence electrons. The summed E-state index contributed by atoms with van der Waals surface area (Å²) in [5.74, 6) is 2.14. The van der Waals surface area contributed by atoms with Gasteiger partial charge in [-0.3, -0.25) is 4.79 Å². The van der Waals surface area contributed by atoms with Crippen LogP contribution >= 0.6 is 0 Å². The normalized spacial score (nSPS) is 25.8. The van der Waals surface area contributed by atoms with Crippen LogP contribution in [-0.2, 0) is 4.79 Å². The molecule has 2 aliphatic rings. The molecule has 2 aromatic rings. The van der Waals surface area contributed by atoms with Gasteiger partial charge in [-0.2, -0.15) is 4.98 Å². The maximum absolute atomic E-state index is 12.1. The summed E-state index contributed by atoms with van der Waals surface area (Å²) < 4.78 is 0. The van der Waals surface area contributed by atoms with E-state index in [4.69, 9.17) is 5.73 Å². The van der Waals surface area contributed by atoms with Gasteiger partial charge < -0.3 is 15.5 Å². The van der Waals surface area contributed by atoms with E-state index in [9.17, 15) is 4.79 Å². The molecule has 0 spiro atoms. The number of nitrogen functional groups attached to an aromatic ring is 1. The van der Waals surface area contributed by atoms with E-state index in [2.05, 4.69) is 27.0 Å². The Morgan fingerprint density at radius 2 is 1.96 bits per heavy atom. The predicted octanol–water partition coefficient (Wildman–Crippen LogP) is 1.71. The van der Waals surface area contributed by atoms with Crippen molar-refractivity contribution in [2.75, 3.05) is 30.3 Å².